The molecule has 0 aliphatic carbocycles. The first-order valence-corrected chi connectivity index (χ1v) is 8.12. The fourth-order valence-electron chi connectivity index (χ4n) is 2.84. The molecular weight excluding hydrogens is 306 g/mol. The van der Waals surface area contributed by atoms with E-state index in [1.54, 1.807) is 11.1 Å². The zero-order valence-corrected chi connectivity index (χ0v) is 13.9. The Labute approximate surface area is 140 Å². The van der Waals surface area contributed by atoms with Crippen LogP contribution in [0.5, 0.6) is 0 Å². The van der Waals surface area contributed by atoms with Crippen LogP contribution in [0.4, 0.5) is 0 Å². The molecule has 1 fully saturated rings. The van der Waals surface area contributed by atoms with Crippen LogP contribution < -0.4 is 5.32 Å². The van der Waals surface area contributed by atoms with Crippen LogP contribution in [0.2, 0.25) is 0 Å². The van der Waals surface area contributed by atoms with Gasteiger partial charge in [-0.3, -0.25) is 9.59 Å². The second-order valence-electron chi connectivity index (χ2n) is 6.24. The second kappa shape index (κ2) is 6.86. The summed E-state index contributed by atoms with van der Waals surface area (Å²) in [6.45, 7) is 4.60. The van der Waals surface area contributed by atoms with E-state index in [9.17, 15) is 9.59 Å². The van der Waals surface area contributed by atoms with Crippen molar-refractivity contribution in [2.45, 2.75) is 32.9 Å². The summed E-state index contributed by atoms with van der Waals surface area (Å²) < 4.78 is 5.66. The maximum absolute atomic E-state index is 12.2. The highest BCUT2D eigenvalue weighted by Gasteiger charge is 2.35. The molecule has 0 saturated carbocycles. The van der Waals surface area contributed by atoms with E-state index >= 15 is 0 Å². The predicted molar refractivity (Wildman–Crippen MR) is 88.7 cm³/mol. The van der Waals surface area contributed by atoms with Gasteiger partial charge >= 0.3 is 0 Å². The van der Waals surface area contributed by atoms with Gasteiger partial charge in [-0.1, -0.05) is 30.3 Å². The third-order valence-electron chi connectivity index (χ3n) is 4.18. The fourth-order valence-corrected chi connectivity index (χ4v) is 2.84. The number of carbonyl (C=O) groups excluding carboxylic acids is 2. The third kappa shape index (κ3) is 3.48. The molecule has 1 aromatic carbocycles. The highest BCUT2D eigenvalue weighted by molar-refractivity contribution is 5.89. The molecule has 0 spiro atoms. The number of amides is 2. The van der Waals surface area contributed by atoms with Crippen LogP contribution in [-0.4, -0.2) is 34.3 Å². The van der Waals surface area contributed by atoms with Crippen LogP contribution in [0.3, 0.4) is 0 Å². The van der Waals surface area contributed by atoms with E-state index in [-0.39, 0.29) is 36.7 Å². The van der Waals surface area contributed by atoms with Crippen molar-refractivity contribution in [3.05, 3.63) is 42.4 Å². The topological polar surface area (TPSA) is 75.4 Å². The van der Waals surface area contributed by atoms with Crippen molar-refractivity contribution >= 4 is 11.8 Å². The van der Waals surface area contributed by atoms with E-state index in [2.05, 4.69) is 10.3 Å². The van der Waals surface area contributed by atoms with Crippen LogP contribution in [0.25, 0.3) is 11.3 Å². The van der Waals surface area contributed by atoms with E-state index in [1.807, 2.05) is 44.2 Å². The number of nitrogens with one attached hydrogen (secondary N) is 1. The molecule has 0 bridgehead atoms. The lowest BCUT2D eigenvalue weighted by molar-refractivity contribution is -0.130. The van der Waals surface area contributed by atoms with Crippen LogP contribution in [-0.2, 0) is 16.1 Å². The number of nitrogens with zero attached hydrogens (tertiary/aromatic N) is 2. The minimum atomic E-state index is -0.302. The normalized spacial score (nSPS) is 17.5. The molecule has 24 heavy (non-hydrogen) atoms. The molecular formula is C18H21N3O3. The molecule has 1 aliphatic rings. The zero-order valence-electron chi connectivity index (χ0n) is 13.9. The number of hydrogen-bond donors (Lipinski definition) is 1. The molecule has 2 amide bonds. The lowest BCUT2D eigenvalue weighted by Crippen LogP contribution is -2.35. The SMILES string of the molecule is CC(C)N1CC(C(=O)NCc2ncc(-c3ccccc3)o2)CC1=O. The molecule has 6 heteroatoms. The summed E-state index contributed by atoms with van der Waals surface area (Å²) in [7, 11) is 0. The summed E-state index contributed by atoms with van der Waals surface area (Å²) in [5, 5.41) is 2.81. The van der Waals surface area contributed by atoms with Gasteiger partial charge in [-0.05, 0) is 13.8 Å². The molecule has 2 heterocycles. The summed E-state index contributed by atoms with van der Waals surface area (Å²) in [6.07, 6.45) is 1.92. The molecule has 1 aromatic heterocycles. The third-order valence-corrected chi connectivity index (χ3v) is 4.18. The monoisotopic (exact) mass is 327 g/mol. The minimum absolute atomic E-state index is 0.0348. The summed E-state index contributed by atoms with van der Waals surface area (Å²) in [6, 6.07) is 9.79. The molecule has 2 aromatic rings. The molecule has 1 atom stereocenters. The maximum Gasteiger partial charge on any atom is 0.225 e. The van der Waals surface area contributed by atoms with Crippen LogP contribution in [0.15, 0.2) is 40.9 Å². The second-order valence-corrected chi connectivity index (χ2v) is 6.24. The van der Waals surface area contributed by atoms with Gasteiger partial charge < -0.3 is 14.6 Å². The summed E-state index contributed by atoms with van der Waals surface area (Å²) >= 11 is 0. The van der Waals surface area contributed by atoms with Crippen LogP contribution in [0.1, 0.15) is 26.2 Å². The molecule has 0 radical (unpaired) electrons. The largest absolute Gasteiger partial charge is 0.439 e. The number of hydrogen-bond acceptors (Lipinski definition) is 4. The van der Waals surface area contributed by atoms with E-state index in [1.165, 1.54) is 0 Å². The van der Waals surface area contributed by atoms with E-state index in [0.717, 1.165) is 5.56 Å². The first-order valence-electron chi connectivity index (χ1n) is 8.12. The van der Waals surface area contributed by atoms with Gasteiger partial charge in [-0.25, -0.2) is 4.98 Å². The number of benzene rings is 1. The minimum Gasteiger partial charge on any atom is -0.439 e. The zero-order chi connectivity index (χ0) is 17.1. The number of carbonyl (C=O) groups is 2. The Kier molecular flexibility index (Phi) is 4.64. The Morgan fingerprint density at radius 1 is 1.38 bits per heavy atom. The van der Waals surface area contributed by atoms with Gasteiger partial charge in [-0.15, -0.1) is 0 Å². The first-order chi connectivity index (χ1) is 11.5. The van der Waals surface area contributed by atoms with E-state index in [4.69, 9.17) is 4.42 Å². The number of rotatable bonds is 5. The standard InChI is InChI=1S/C18H21N3O3/c1-12(2)21-11-14(8-17(21)22)18(23)20-10-16-19-9-15(24-16)13-6-4-3-5-7-13/h3-7,9,12,14H,8,10-11H2,1-2H3,(H,20,23). The Balaban J connectivity index is 1.56. The Bertz CT molecular complexity index is 724. The smallest absolute Gasteiger partial charge is 0.225 e. The summed E-state index contributed by atoms with van der Waals surface area (Å²) in [5.74, 6) is 0.719. The Morgan fingerprint density at radius 3 is 2.79 bits per heavy atom. The van der Waals surface area contributed by atoms with Crippen molar-refractivity contribution in [3.8, 4) is 11.3 Å². The van der Waals surface area contributed by atoms with Gasteiger partial charge in [0, 0.05) is 24.6 Å². The highest BCUT2D eigenvalue weighted by atomic mass is 16.4. The Morgan fingerprint density at radius 2 is 2.12 bits per heavy atom. The van der Waals surface area contributed by atoms with Crippen molar-refractivity contribution in [2.75, 3.05) is 6.54 Å². The van der Waals surface area contributed by atoms with E-state index < -0.39 is 0 Å². The average Bonchev–Trinajstić information content (AvgIpc) is 3.20. The maximum atomic E-state index is 12.2. The highest BCUT2D eigenvalue weighted by Crippen LogP contribution is 2.21. The van der Waals surface area contributed by atoms with Crippen molar-refractivity contribution in [1.82, 2.24) is 15.2 Å². The van der Waals surface area contributed by atoms with Gasteiger partial charge in [0.1, 0.15) is 0 Å². The first kappa shape index (κ1) is 16.2. The van der Waals surface area contributed by atoms with Crippen LogP contribution >= 0.6 is 0 Å². The van der Waals surface area contributed by atoms with Crippen LogP contribution in [0, 0.1) is 5.92 Å². The molecule has 6 nitrogen and oxygen atoms in total. The molecule has 1 unspecified atom stereocenters. The number of aromatic nitrogens is 1. The van der Waals surface area contributed by atoms with Crippen molar-refractivity contribution in [3.63, 3.8) is 0 Å². The Hall–Kier alpha value is -2.63. The lowest BCUT2D eigenvalue weighted by atomic mass is 10.1. The summed E-state index contributed by atoms with van der Waals surface area (Å²) in [5.41, 5.74) is 0.941. The summed E-state index contributed by atoms with van der Waals surface area (Å²) in [4.78, 5) is 30.1. The van der Waals surface area contributed by atoms with Gasteiger partial charge in [0.05, 0.1) is 18.7 Å². The quantitative estimate of drug-likeness (QED) is 0.913. The number of oxazole rings is 1. The lowest BCUT2D eigenvalue weighted by Gasteiger charge is -2.20. The molecule has 1 saturated heterocycles. The average molecular weight is 327 g/mol. The van der Waals surface area contributed by atoms with Gasteiger partial charge in [0.15, 0.2) is 5.76 Å². The molecule has 3 rings (SSSR count). The fraction of sp³-hybridized carbons (Fsp3) is 0.389. The van der Waals surface area contributed by atoms with Gasteiger partial charge in [0.2, 0.25) is 17.7 Å². The van der Waals surface area contributed by atoms with E-state index in [0.29, 0.717) is 18.2 Å². The van der Waals surface area contributed by atoms with Gasteiger partial charge in [0.25, 0.3) is 0 Å². The number of likely N-dealkylation sites (tertiary alicyclic amines) is 1. The van der Waals surface area contributed by atoms with Crippen molar-refractivity contribution in [2.24, 2.45) is 5.92 Å². The molecule has 1 aliphatic heterocycles. The van der Waals surface area contributed by atoms with Gasteiger partial charge in [-0.2, -0.15) is 0 Å². The molecule has 1 N–H and O–H groups in total. The predicted octanol–water partition coefficient (Wildman–Crippen LogP) is 2.21. The van der Waals surface area contributed by atoms with Crippen molar-refractivity contribution < 1.29 is 14.0 Å². The molecule has 126 valence electrons. The van der Waals surface area contributed by atoms with Crippen molar-refractivity contribution in [1.29, 1.82) is 0 Å².